The number of nitrogens with zero attached hydrogens (tertiary/aromatic N) is 1. The highest BCUT2D eigenvalue weighted by atomic mass is 19.2. The molecule has 1 heterocycles. The first-order chi connectivity index (χ1) is 10.9. The minimum absolute atomic E-state index is 0.0357. The van der Waals surface area contributed by atoms with Gasteiger partial charge in [0.1, 0.15) is 0 Å². The van der Waals surface area contributed by atoms with E-state index in [1.165, 1.54) is 12.1 Å². The van der Waals surface area contributed by atoms with E-state index in [9.17, 15) is 18.4 Å². The standard InChI is InChI=1S/C15H15F2N3O3/c1-8(2)19-14(21)7-18-15(22)12-6-13(23-20-12)9-3-4-10(16)11(17)5-9/h3-6,8H,7H2,1-2H3,(H,18,22)(H,19,21). The number of benzene rings is 1. The molecule has 6 nitrogen and oxygen atoms in total. The summed E-state index contributed by atoms with van der Waals surface area (Å²) in [6.07, 6.45) is 0. The van der Waals surface area contributed by atoms with E-state index in [1.54, 1.807) is 13.8 Å². The number of rotatable bonds is 5. The number of amides is 2. The van der Waals surface area contributed by atoms with Crippen LogP contribution in [0, 0.1) is 11.6 Å². The first-order valence-electron chi connectivity index (χ1n) is 6.86. The second kappa shape index (κ2) is 6.99. The van der Waals surface area contributed by atoms with Crippen molar-refractivity contribution in [1.82, 2.24) is 15.8 Å². The zero-order valence-corrected chi connectivity index (χ0v) is 12.5. The van der Waals surface area contributed by atoms with Crippen LogP contribution in [0.25, 0.3) is 11.3 Å². The predicted octanol–water partition coefficient (Wildman–Crippen LogP) is 1.87. The topological polar surface area (TPSA) is 84.2 Å². The molecule has 2 rings (SSSR count). The van der Waals surface area contributed by atoms with Gasteiger partial charge in [0.05, 0.1) is 6.54 Å². The number of hydrogen-bond donors (Lipinski definition) is 2. The zero-order valence-electron chi connectivity index (χ0n) is 12.5. The van der Waals surface area contributed by atoms with Crippen LogP contribution in [0.5, 0.6) is 0 Å². The predicted molar refractivity (Wildman–Crippen MR) is 77.5 cm³/mol. The van der Waals surface area contributed by atoms with Crippen molar-refractivity contribution >= 4 is 11.8 Å². The molecule has 0 saturated heterocycles. The number of carbonyl (C=O) groups excluding carboxylic acids is 2. The van der Waals surface area contributed by atoms with Crippen molar-refractivity contribution in [3.8, 4) is 11.3 Å². The Labute approximate surface area is 130 Å². The third-order valence-electron chi connectivity index (χ3n) is 2.81. The van der Waals surface area contributed by atoms with Crippen LogP contribution in [0.3, 0.4) is 0 Å². The maximum absolute atomic E-state index is 13.2. The minimum atomic E-state index is -1.03. The van der Waals surface area contributed by atoms with Crippen LogP contribution in [0.2, 0.25) is 0 Å². The van der Waals surface area contributed by atoms with E-state index in [1.807, 2.05) is 0 Å². The van der Waals surface area contributed by atoms with Gasteiger partial charge in [-0.25, -0.2) is 8.78 Å². The van der Waals surface area contributed by atoms with E-state index in [0.717, 1.165) is 12.1 Å². The van der Waals surface area contributed by atoms with E-state index in [0.29, 0.717) is 0 Å². The van der Waals surface area contributed by atoms with Crippen molar-refractivity contribution < 1.29 is 22.9 Å². The van der Waals surface area contributed by atoms with Gasteiger partial charge in [-0.15, -0.1) is 0 Å². The van der Waals surface area contributed by atoms with Gasteiger partial charge in [-0.1, -0.05) is 5.16 Å². The molecule has 2 aromatic rings. The van der Waals surface area contributed by atoms with Gasteiger partial charge in [-0.3, -0.25) is 9.59 Å². The van der Waals surface area contributed by atoms with Crippen LogP contribution in [-0.4, -0.2) is 29.6 Å². The lowest BCUT2D eigenvalue weighted by Gasteiger charge is -2.08. The largest absolute Gasteiger partial charge is 0.355 e. The highest BCUT2D eigenvalue weighted by molar-refractivity contribution is 5.95. The molecule has 0 aliphatic carbocycles. The van der Waals surface area contributed by atoms with Crippen LogP contribution < -0.4 is 10.6 Å². The lowest BCUT2D eigenvalue weighted by atomic mass is 10.1. The van der Waals surface area contributed by atoms with E-state index < -0.39 is 17.5 Å². The molecule has 0 bridgehead atoms. The summed E-state index contributed by atoms with van der Waals surface area (Å²) in [5.41, 5.74) is 0.176. The summed E-state index contributed by atoms with van der Waals surface area (Å²) < 4.78 is 31.0. The third kappa shape index (κ3) is 4.35. The summed E-state index contributed by atoms with van der Waals surface area (Å²) in [7, 11) is 0. The van der Waals surface area contributed by atoms with Gasteiger partial charge in [0.2, 0.25) is 5.91 Å². The van der Waals surface area contributed by atoms with E-state index in [2.05, 4.69) is 15.8 Å². The van der Waals surface area contributed by atoms with Crippen molar-refractivity contribution in [3.05, 3.63) is 41.6 Å². The molecule has 0 saturated carbocycles. The fraction of sp³-hybridized carbons (Fsp3) is 0.267. The number of halogens is 2. The first-order valence-corrected chi connectivity index (χ1v) is 6.86. The molecule has 0 atom stereocenters. The molecular weight excluding hydrogens is 308 g/mol. The Kier molecular flexibility index (Phi) is 5.05. The van der Waals surface area contributed by atoms with Crippen LogP contribution in [0.4, 0.5) is 8.78 Å². The summed E-state index contributed by atoms with van der Waals surface area (Å²) in [5, 5.41) is 8.55. The minimum Gasteiger partial charge on any atom is -0.355 e. The summed E-state index contributed by atoms with van der Waals surface area (Å²) in [6.45, 7) is 3.39. The SMILES string of the molecule is CC(C)NC(=O)CNC(=O)c1cc(-c2ccc(F)c(F)c2)on1. The summed E-state index contributed by atoms with van der Waals surface area (Å²) in [4.78, 5) is 23.3. The molecule has 0 spiro atoms. The summed E-state index contributed by atoms with van der Waals surface area (Å²) in [5.74, 6) is -2.85. The van der Waals surface area contributed by atoms with Crippen molar-refractivity contribution in [1.29, 1.82) is 0 Å². The van der Waals surface area contributed by atoms with Gasteiger partial charge in [0.15, 0.2) is 23.1 Å². The Morgan fingerprint density at radius 1 is 1.22 bits per heavy atom. The van der Waals surface area contributed by atoms with Crippen LogP contribution >= 0.6 is 0 Å². The molecule has 1 aromatic heterocycles. The smallest absolute Gasteiger partial charge is 0.273 e. The van der Waals surface area contributed by atoms with Crippen molar-refractivity contribution in [2.24, 2.45) is 0 Å². The quantitative estimate of drug-likeness (QED) is 0.880. The highest BCUT2D eigenvalue weighted by Crippen LogP contribution is 2.22. The maximum atomic E-state index is 13.2. The Morgan fingerprint density at radius 3 is 2.61 bits per heavy atom. The Bertz CT molecular complexity index is 729. The van der Waals surface area contributed by atoms with Gasteiger partial charge in [-0.05, 0) is 32.0 Å². The first kappa shape index (κ1) is 16.6. The molecule has 23 heavy (non-hydrogen) atoms. The van der Waals surface area contributed by atoms with Crippen LogP contribution in [0.1, 0.15) is 24.3 Å². The highest BCUT2D eigenvalue weighted by Gasteiger charge is 2.15. The number of carbonyl (C=O) groups is 2. The number of nitrogens with one attached hydrogen (secondary N) is 2. The normalized spacial score (nSPS) is 10.7. The average Bonchev–Trinajstić information content (AvgIpc) is 2.97. The average molecular weight is 323 g/mol. The molecule has 8 heteroatoms. The summed E-state index contributed by atoms with van der Waals surface area (Å²) >= 11 is 0. The molecule has 0 aliphatic heterocycles. The maximum Gasteiger partial charge on any atom is 0.273 e. The summed E-state index contributed by atoms with van der Waals surface area (Å²) in [6, 6.07) is 4.43. The van der Waals surface area contributed by atoms with Gasteiger partial charge in [-0.2, -0.15) is 0 Å². The van der Waals surface area contributed by atoms with Gasteiger partial charge in [0, 0.05) is 17.7 Å². The molecular formula is C15H15F2N3O3. The lowest BCUT2D eigenvalue weighted by molar-refractivity contribution is -0.120. The zero-order chi connectivity index (χ0) is 17.0. The molecule has 2 amide bonds. The number of hydrogen-bond acceptors (Lipinski definition) is 4. The van der Waals surface area contributed by atoms with Crippen LogP contribution in [0.15, 0.2) is 28.8 Å². The molecule has 2 N–H and O–H groups in total. The van der Waals surface area contributed by atoms with Gasteiger partial charge in [0.25, 0.3) is 5.91 Å². The van der Waals surface area contributed by atoms with Gasteiger partial charge < -0.3 is 15.2 Å². The lowest BCUT2D eigenvalue weighted by Crippen LogP contribution is -2.39. The second-order valence-corrected chi connectivity index (χ2v) is 5.11. The third-order valence-corrected chi connectivity index (χ3v) is 2.81. The van der Waals surface area contributed by atoms with Crippen molar-refractivity contribution in [3.63, 3.8) is 0 Å². The fourth-order valence-electron chi connectivity index (χ4n) is 1.79. The van der Waals surface area contributed by atoms with E-state index >= 15 is 0 Å². The number of aromatic nitrogens is 1. The Balaban J connectivity index is 2.02. The van der Waals surface area contributed by atoms with E-state index in [4.69, 9.17) is 4.52 Å². The van der Waals surface area contributed by atoms with Crippen molar-refractivity contribution in [2.75, 3.05) is 6.54 Å². The molecule has 0 aliphatic rings. The Morgan fingerprint density at radius 2 is 1.96 bits per heavy atom. The van der Waals surface area contributed by atoms with Crippen LogP contribution in [-0.2, 0) is 4.79 Å². The van der Waals surface area contributed by atoms with Crippen molar-refractivity contribution in [2.45, 2.75) is 19.9 Å². The van der Waals surface area contributed by atoms with Gasteiger partial charge >= 0.3 is 0 Å². The second-order valence-electron chi connectivity index (χ2n) is 5.11. The molecule has 0 fully saturated rings. The molecule has 0 radical (unpaired) electrons. The van der Waals surface area contributed by atoms with E-state index in [-0.39, 0.29) is 35.5 Å². The molecule has 122 valence electrons. The molecule has 0 unspecified atom stereocenters. The Hall–Kier alpha value is -2.77. The monoisotopic (exact) mass is 323 g/mol. The molecule has 1 aromatic carbocycles. The fourth-order valence-corrected chi connectivity index (χ4v) is 1.79.